The molecule has 3 nitrogen and oxygen atoms in total. The molecule has 0 spiro atoms. The Hall–Kier alpha value is -6.23. The molecule has 0 amide bonds. The van der Waals surface area contributed by atoms with Gasteiger partial charge in [-0.05, 0) is 69.4 Å². The number of rotatable bonds is 7. The van der Waals surface area contributed by atoms with Crippen LogP contribution in [0.2, 0.25) is 0 Å². The molecule has 0 radical (unpaired) electrons. The molecule has 54 heavy (non-hydrogen) atoms. The first-order chi connectivity index (χ1) is 26.7. The maximum atomic E-state index is 7.01. The number of nitrogen functional groups attached to an aromatic ring is 1. The number of benzene rings is 7. The number of hydrogen-bond acceptors (Lipinski definition) is 2. The number of fused-ring (bicyclic) bond motifs is 11. The molecule has 0 atom stereocenters. The lowest BCUT2D eigenvalue weighted by atomic mass is 9.98. The Balaban J connectivity index is 0.00000189. The van der Waals surface area contributed by atoms with Gasteiger partial charge in [0.25, 0.3) is 0 Å². The van der Waals surface area contributed by atoms with Gasteiger partial charge in [0.2, 0.25) is 0 Å². The molecular formula is C50H41N3S. The first kappa shape index (κ1) is 33.6. The van der Waals surface area contributed by atoms with Gasteiger partial charge in [-0.1, -0.05) is 148 Å². The fraction of sp³-hybridized carbons (Fsp3) is 0.0800. The van der Waals surface area contributed by atoms with E-state index in [4.69, 9.17) is 5.73 Å². The van der Waals surface area contributed by atoms with Crippen molar-refractivity contribution in [3.63, 3.8) is 0 Å². The Morgan fingerprint density at radius 2 is 1.19 bits per heavy atom. The summed E-state index contributed by atoms with van der Waals surface area (Å²) in [5.74, 6) is 0.890. The molecule has 1 aliphatic carbocycles. The largest absolute Gasteiger partial charge is 0.398 e. The van der Waals surface area contributed by atoms with Gasteiger partial charge >= 0.3 is 0 Å². The van der Waals surface area contributed by atoms with Crippen LogP contribution in [0.3, 0.4) is 0 Å². The van der Waals surface area contributed by atoms with Gasteiger partial charge in [-0.2, -0.15) is 0 Å². The summed E-state index contributed by atoms with van der Waals surface area (Å²) in [6.45, 7) is 8.30. The van der Waals surface area contributed by atoms with E-state index < -0.39 is 0 Å². The van der Waals surface area contributed by atoms with Crippen LogP contribution in [-0.2, 0) is 12.2 Å². The first-order valence-electron chi connectivity index (χ1n) is 18.7. The number of anilines is 1. The van der Waals surface area contributed by atoms with E-state index >= 15 is 0 Å². The molecular weight excluding hydrogens is 675 g/mol. The minimum absolute atomic E-state index is 0.736. The number of thioether (sulfide) groups is 1. The summed E-state index contributed by atoms with van der Waals surface area (Å²) in [5.41, 5.74) is 19.7. The Bertz CT molecular complexity index is 2940. The highest BCUT2D eigenvalue weighted by Gasteiger charge is 2.27. The number of para-hydroxylation sites is 3. The second kappa shape index (κ2) is 14.0. The average molecular weight is 716 g/mol. The molecule has 7 aromatic carbocycles. The fourth-order valence-electron chi connectivity index (χ4n) is 8.25. The van der Waals surface area contributed by atoms with Gasteiger partial charge < -0.3 is 14.9 Å². The van der Waals surface area contributed by atoms with E-state index in [9.17, 15) is 0 Å². The van der Waals surface area contributed by atoms with E-state index in [1.54, 1.807) is 11.8 Å². The van der Waals surface area contributed by atoms with Crippen LogP contribution in [0.15, 0.2) is 163 Å². The summed E-state index contributed by atoms with van der Waals surface area (Å²) < 4.78 is 4.99. The molecule has 10 rings (SSSR count). The second-order valence-corrected chi connectivity index (χ2v) is 14.7. The summed E-state index contributed by atoms with van der Waals surface area (Å²) in [6, 6.07) is 52.3. The lowest BCUT2D eigenvalue weighted by molar-refractivity contribution is 1.13. The van der Waals surface area contributed by atoms with Crippen LogP contribution >= 0.6 is 11.8 Å². The summed E-state index contributed by atoms with van der Waals surface area (Å²) in [4.78, 5) is 1.01. The molecule has 0 aliphatic heterocycles. The third-order valence-corrected chi connectivity index (χ3v) is 11.5. The molecule has 2 N–H and O–H groups in total. The predicted molar refractivity (Wildman–Crippen MR) is 237 cm³/mol. The standard InChI is InChI=1S/C48H35N3S.C2H6/c1-31(52-30-32-14-4-2-5-15-32)24-25-33-26-27-34-28-36(29-41(34)46(33)49)51-43-23-13-11-21-40(43)45-38-19-9-8-18-37(38)44-39-20-10-12-22-42(39)50(47(44)48(45)51)35-16-6-3-7-17-35;1-2/h2-28H,1,29-30,49H2;1-2H3/b25-24-;. The zero-order valence-electron chi connectivity index (χ0n) is 30.6. The van der Waals surface area contributed by atoms with Crippen molar-refractivity contribution in [2.45, 2.75) is 26.0 Å². The number of nitrogens with zero attached hydrogens (tertiary/aromatic N) is 2. The molecule has 0 saturated heterocycles. The fourth-order valence-corrected chi connectivity index (χ4v) is 8.96. The van der Waals surface area contributed by atoms with Crippen molar-refractivity contribution in [1.29, 1.82) is 0 Å². The third kappa shape index (κ3) is 5.45. The van der Waals surface area contributed by atoms with Crippen LogP contribution in [0.4, 0.5) is 5.69 Å². The van der Waals surface area contributed by atoms with E-state index in [0.29, 0.717) is 0 Å². The Kier molecular flexibility index (Phi) is 8.69. The maximum absolute atomic E-state index is 7.01. The van der Waals surface area contributed by atoms with Crippen molar-refractivity contribution >= 4 is 89.7 Å². The lowest BCUT2D eigenvalue weighted by Gasteiger charge is -2.15. The van der Waals surface area contributed by atoms with Gasteiger partial charge in [-0.3, -0.25) is 0 Å². The zero-order valence-corrected chi connectivity index (χ0v) is 31.4. The van der Waals surface area contributed by atoms with E-state index in [-0.39, 0.29) is 0 Å². The molecule has 9 aromatic rings. The van der Waals surface area contributed by atoms with Crippen molar-refractivity contribution in [2.24, 2.45) is 0 Å². The number of nitrogens with two attached hydrogens (primary N) is 1. The summed E-state index contributed by atoms with van der Waals surface area (Å²) >= 11 is 1.75. The molecule has 4 heteroatoms. The molecule has 0 fully saturated rings. The van der Waals surface area contributed by atoms with E-state index in [1.165, 1.54) is 76.8 Å². The molecule has 262 valence electrons. The molecule has 0 unspecified atom stereocenters. The van der Waals surface area contributed by atoms with Crippen molar-refractivity contribution in [3.8, 4) is 5.69 Å². The number of hydrogen-bond donors (Lipinski definition) is 1. The molecule has 1 aliphatic rings. The van der Waals surface area contributed by atoms with Crippen LogP contribution in [0.1, 0.15) is 36.1 Å². The Labute approximate surface area is 320 Å². The highest BCUT2D eigenvalue weighted by molar-refractivity contribution is 8.02. The summed E-state index contributed by atoms with van der Waals surface area (Å²) in [7, 11) is 0. The minimum Gasteiger partial charge on any atom is -0.398 e. The van der Waals surface area contributed by atoms with Gasteiger partial charge in [0.05, 0.1) is 22.1 Å². The maximum Gasteiger partial charge on any atom is 0.0795 e. The SMILES string of the molecule is C=C(/C=C\c1ccc2c(c1N)CC(n1c3ccccc3c3c4ccccc4c4c5ccccc5n(-c5ccccc5)c4c31)=C2)SCc1ccccc1.CC. The zero-order chi connectivity index (χ0) is 36.8. The van der Waals surface area contributed by atoms with Crippen molar-refractivity contribution in [2.75, 3.05) is 5.73 Å². The lowest BCUT2D eigenvalue weighted by Crippen LogP contribution is -2.02. The van der Waals surface area contributed by atoms with E-state index in [1.807, 2.05) is 19.9 Å². The molecule has 0 saturated carbocycles. The third-order valence-electron chi connectivity index (χ3n) is 10.6. The van der Waals surface area contributed by atoms with Gasteiger partial charge in [0.1, 0.15) is 0 Å². The van der Waals surface area contributed by atoms with E-state index in [2.05, 4.69) is 173 Å². The summed E-state index contributed by atoms with van der Waals surface area (Å²) in [5, 5.41) is 7.60. The van der Waals surface area contributed by atoms with Crippen molar-refractivity contribution in [1.82, 2.24) is 9.13 Å². The Morgan fingerprint density at radius 1 is 0.648 bits per heavy atom. The number of allylic oxidation sites excluding steroid dienone is 2. The van der Waals surface area contributed by atoms with Crippen LogP contribution < -0.4 is 5.73 Å². The quantitative estimate of drug-likeness (QED) is 0.132. The minimum atomic E-state index is 0.736. The summed E-state index contributed by atoms with van der Waals surface area (Å²) in [6.07, 6.45) is 7.28. The van der Waals surface area contributed by atoms with Crippen molar-refractivity contribution in [3.05, 3.63) is 185 Å². The van der Waals surface area contributed by atoms with Crippen LogP contribution in [0.5, 0.6) is 0 Å². The van der Waals surface area contributed by atoms with Gasteiger partial charge in [0.15, 0.2) is 0 Å². The normalized spacial score (nSPS) is 12.5. The monoisotopic (exact) mass is 715 g/mol. The van der Waals surface area contributed by atoms with Crippen LogP contribution in [0, 0.1) is 0 Å². The van der Waals surface area contributed by atoms with Gasteiger partial charge in [-0.15, -0.1) is 11.8 Å². The highest BCUT2D eigenvalue weighted by Crippen LogP contribution is 2.48. The molecule has 2 aromatic heterocycles. The highest BCUT2D eigenvalue weighted by atomic mass is 32.2. The predicted octanol–water partition coefficient (Wildman–Crippen LogP) is 13.7. The van der Waals surface area contributed by atoms with Gasteiger partial charge in [0, 0.05) is 55.7 Å². The topological polar surface area (TPSA) is 35.9 Å². The van der Waals surface area contributed by atoms with Crippen LogP contribution in [0.25, 0.3) is 77.9 Å². The van der Waals surface area contributed by atoms with Crippen molar-refractivity contribution < 1.29 is 0 Å². The number of aromatic nitrogens is 2. The molecule has 2 heterocycles. The van der Waals surface area contributed by atoms with Crippen LogP contribution in [-0.4, -0.2) is 9.13 Å². The first-order valence-corrected chi connectivity index (χ1v) is 19.7. The molecule has 0 bridgehead atoms. The smallest absolute Gasteiger partial charge is 0.0795 e. The average Bonchev–Trinajstić information content (AvgIpc) is 3.92. The van der Waals surface area contributed by atoms with Gasteiger partial charge in [-0.25, -0.2) is 0 Å². The van der Waals surface area contributed by atoms with E-state index in [0.717, 1.165) is 34.0 Å². The Morgan fingerprint density at radius 3 is 1.83 bits per heavy atom. The second-order valence-electron chi connectivity index (χ2n) is 13.6.